The molecule has 0 bridgehead atoms. The van der Waals surface area contributed by atoms with Crippen LogP contribution < -0.4 is 14.2 Å². The maximum atomic E-state index is 12.4. The lowest BCUT2D eigenvalue weighted by Crippen LogP contribution is -2.34. The van der Waals surface area contributed by atoms with Crippen molar-refractivity contribution in [3.05, 3.63) is 18.2 Å². The van der Waals surface area contributed by atoms with Crippen LogP contribution >= 0.6 is 12.6 Å². The van der Waals surface area contributed by atoms with Crippen molar-refractivity contribution in [2.24, 2.45) is 0 Å². The minimum absolute atomic E-state index is 0.102. The van der Waals surface area contributed by atoms with Crippen LogP contribution in [-0.2, 0) is 10.0 Å². The van der Waals surface area contributed by atoms with E-state index in [0.29, 0.717) is 6.07 Å². The van der Waals surface area contributed by atoms with E-state index >= 15 is 0 Å². The summed E-state index contributed by atoms with van der Waals surface area (Å²) >= 11 is 3.88. The second-order valence-corrected chi connectivity index (χ2v) is 7.17. The van der Waals surface area contributed by atoms with E-state index in [0.717, 1.165) is 12.1 Å². The third-order valence-electron chi connectivity index (χ3n) is 2.63. The van der Waals surface area contributed by atoms with Gasteiger partial charge < -0.3 is 9.47 Å². The van der Waals surface area contributed by atoms with Gasteiger partial charge in [-0.05, 0) is 19.1 Å². The maximum Gasteiger partial charge on any atom is 0.422 e. The summed E-state index contributed by atoms with van der Waals surface area (Å²) < 4.78 is 109. The van der Waals surface area contributed by atoms with Crippen LogP contribution in [0, 0.1) is 0 Å². The van der Waals surface area contributed by atoms with Gasteiger partial charge in [-0.3, -0.25) is 0 Å². The first-order valence-corrected chi connectivity index (χ1v) is 9.01. The van der Waals surface area contributed by atoms with Crippen LogP contribution in [0.3, 0.4) is 0 Å². The molecule has 13 heteroatoms. The fraction of sp³-hybridized carbons (Fsp3) is 0.538. The highest BCUT2D eigenvalue weighted by atomic mass is 32.2. The highest BCUT2D eigenvalue weighted by Gasteiger charge is 2.31. The highest BCUT2D eigenvalue weighted by molar-refractivity contribution is 7.89. The molecule has 1 rings (SSSR count). The molecule has 26 heavy (non-hydrogen) atoms. The Hall–Kier alpha value is -1.34. The molecule has 1 N–H and O–H groups in total. The zero-order valence-electron chi connectivity index (χ0n) is 13.2. The van der Waals surface area contributed by atoms with Crippen molar-refractivity contribution in [1.29, 1.82) is 0 Å². The van der Waals surface area contributed by atoms with Crippen LogP contribution in [0.1, 0.15) is 6.92 Å². The van der Waals surface area contributed by atoms with E-state index in [1.54, 1.807) is 0 Å². The van der Waals surface area contributed by atoms with E-state index in [1.165, 1.54) is 6.92 Å². The number of hydrogen-bond donors (Lipinski definition) is 2. The lowest BCUT2D eigenvalue weighted by molar-refractivity contribution is -0.154. The fourth-order valence-corrected chi connectivity index (χ4v) is 3.19. The van der Waals surface area contributed by atoms with Crippen molar-refractivity contribution in [1.82, 2.24) is 4.72 Å². The maximum absolute atomic E-state index is 12.4. The third kappa shape index (κ3) is 7.91. The van der Waals surface area contributed by atoms with Gasteiger partial charge in [0.2, 0.25) is 10.0 Å². The average Bonchev–Trinajstić information content (AvgIpc) is 2.49. The summed E-state index contributed by atoms with van der Waals surface area (Å²) in [5.41, 5.74) is 0. The van der Waals surface area contributed by atoms with Gasteiger partial charge in [-0.25, -0.2) is 13.1 Å². The number of sulfonamides is 1. The van der Waals surface area contributed by atoms with Crippen LogP contribution in [0.5, 0.6) is 11.5 Å². The summed E-state index contributed by atoms with van der Waals surface area (Å²) in [6.45, 7) is -2.07. The predicted molar refractivity (Wildman–Crippen MR) is 83.2 cm³/mol. The molecule has 0 fully saturated rings. The van der Waals surface area contributed by atoms with Crippen LogP contribution in [0.2, 0.25) is 0 Å². The Morgan fingerprint density at radius 2 is 1.62 bits per heavy atom. The monoisotopic (exact) mass is 427 g/mol. The molecule has 0 heterocycles. The molecule has 5 nitrogen and oxygen atoms in total. The lowest BCUT2D eigenvalue weighted by atomic mass is 10.3. The van der Waals surface area contributed by atoms with Gasteiger partial charge in [0.15, 0.2) is 13.2 Å². The van der Waals surface area contributed by atoms with Crippen molar-refractivity contribution in [2.45, 2.75) is 30.2 Å². The molecule has 0 amide bonds. The average molecular weight is 427 g/mol. The summed E-state index contributed by atoms with van der Waals surface area (Å²) in [5, 5.41) is 0. The highest BCUT2D eigenvalue weighted by Crippen LogP contribution is 2.31. The number of hydrogen-bond acceptors (Lipinski definition) is 5. The molecule has 0 saturated heterocycles. The Kier molecular flexibility index (Phi) is 7.48. The molecule has 150 valence electrons. The number of rotatable bonds is 8. The molecule has 0 aliphatic heterocycles. The van der Waals surface area contributed by atoms with Gasteiger partial charge in [0, 0.05) is 17.9 Å². The van der Waals surface area contributed by atoms with E-state index in [4.69, 9.17) is 0 Å². The first kappa shape index (κ1) is 22.7. The Balaban J connectivity index is 3.18. The van der Waals surface area contributed by atoms with Gasteiger partial charge in [-0.1, -0.05) is 0 Å². The van der Waals surface area contributed by atoms with E-state index in [1.807, 2.05) is 0 Å². The number of alkyl halides is 6. The van der Waals surface area contributed by atoms with E-state index in [-0.39, 0.29) is 5.75 Å². The summed E-state index contributed by atoms with van der Waals surface area (Å²) in [4.78, 5) is -0.672. The van der Waals surface area contributed by atoms with Gasteiger partial charge >= 0.3 is 12.4 Å². The molecule has 0 radical (unpaired) electrons. The Morgan fingerprint density at radius 1 is 1.08 bits per heavy atom. The first-order chi connectivity index (χ1) is 11.7. The lowest BCUT2D eigenvalue weighted by Gasteiger charge is -2.17. The zero-order chi connectivity index (χ0) is 20.2. The normalized spacial score (nSPS) is 14.2. The molecule has 1 aromatic carbocycles. The fourth-order valence-electron chi connectivity index (χ4n) is 1.60. The van der Waals surface area contributed by atoms with Crippen LogP contribution in [0.25, 0.3) is 0 Å². The molecule has 0 aliphatic carbocycles. The van der Waals surface area contributed by atoms with Crippen molar-refractivity contribution in [2.75, 3.05) is 19.0 Å². The number of benzene rings is 1. The van der Waals surface area contributed by atoms with Gasteiger partial charge in [0.1, 0.15) is 16.4 Å². The third-order valence-corrected chi connectivity index (χ3v) is 4.81. The van der Waals surface area contributed by atoms with Crippen LogP contribution in [-0.4, -0.2) is 45.8 Å². The molecular formula is C13H15F6NO4S2. The summed E-state index contributed by atoms with van der Waals surface area (Å²) in [7, 11) is -4.30. The smallest absolute Gasteiger partial charge is 0.422 e. The van der Waals surface area contributed by atoms with Crippen molar-refractivity contribution in [3.63, 3.8) is 0 Å². The standard InChI is InChI=1S/C13H15F6NO4S2/c1-8(5-25)20-26(21,22)11-3-2-9(23-6-12(14,15)16)4-10(11)24-7-13(17,18)19/h2-4,8,20,25H,5-7H2,1H3/t8-/m1/s1. The Morgan fingerprint density at radius 3 is 2.12 bits per heavy atom. The minimum Gasteiger partial charge on any atom is -0.484 e. The number of halogens is 6. The molecule has 0 aliphatic rings. The quantitative estimate of drug-likeness (QED) is 0.494. The molecule has 1 aromatic rings. The molecule has 0 spiro atoms. The largest absolute Gasteiger partial charge is 0.484 e. The predicted octanol–water partition coefficient (Wildman–Crippen LogP) is 3.17. The molecule has 0 aromatic heterocycles. The zero-order valence-corrected chi connectivity index (χ0v) is 14.9. The van der Waals surface area contributed by atoms with Gasteiger partial charge in [-0.2, -0.15) is 39.0 Å². The summed E-state index contributed by atoms with van der Waals surface area (Å²) in [6.07, 6.45) is -9.46. The van der Waals surface area contributed by atoms with Gasteiger partial charge in [0.05, 0.1) is 0 Å². The molecule has 0 unspecified atom stereocenters. The molecule has 1 atom stereocenters. The summed E-state index contributed by atoms with van der Waals surface area (Å²) in [6, 6.07) is 1.68. The van der Waals surface area contributed by atoms with E-state index < -0.39 is 58.0 Å². The summed E-state index contributed by atoms with van der Waals surface area (Å²) in [5.74, 6) is -1.19. The van der Waals surface area contributed by atoms with Crippen molar-refractivity contribution in [3.8, 4) is 11.5 Å². The molecular weight excluding hydrogens is 412 g/mol. The van der Waals surface area contributed by atoms with Crippen molar-refractivity contribution >= 4 is 22.7 Å². The second kappa shape index (κ2) is 8.57. The van der Waals surface area contributed by atoms with Crippen LogP contribution in [0.15, 0.2) is 23.1 Å². The van der Waals surface area contributed by atoms with E-state index in [2.05, 4.69) is 26.8 Å². The van der Waals surface area contributed by atoms with E-state index in [9.17, 15) is 34.8 Å². The van der Waals surface area contributed by atoms with Crippen molar-refractivity contribution < 1.29 is 44.2 Å². The first-order valence-electron chi connectivity index (χ1n) is 6.90. The topological polar surface area (TPSA) is 64.6 Å². The number of ether oxygens (including phenoxy) is 2. The van der Waals surface area contributed by atoms with Gasteiger partial charge in [-0.15, -0.1) is 0 Å². The van der Waals surface area contributed by atoms with Crippen LogP contribution in [0.4, 0.5) is 26.3 Å². The number of nitrogens with one attached hydrogen (secondary N) is 1. The Labute approximate surface area is 151 Å². The Bertz CT molecular complexity index is 706. The SMILES string of the molecule is C[C@H](CS)NS(=O)(=O)c1ccc(OCC(F)(F)F)cc1OCC(F)(F)F. The minimum atomic E-state index is -4.78. The second-order valence-electron chi connectivity index (χ2n) is 5.12. The van der Waals surface area contributed by atoms with Gasteiger partial charge in [0.25, 0.3) is 0 Å². The molecule has 0 saturated carbocycles. The number of thiol groups is 1.